The summed E-state index contributed by atoms with van der Waals surface area (Å²) < 4.78 is 38.2. The molecule has 7 heteroatoms. The van der Waals surface area contributed by atoms with Crippen LogP contribution in [0.15, 0.2) is 67.1 Å². The second-order valence-electron chi connectivity index (χ2n) is 5.94. The number of nitrogens with zero attached hydrogens (tertiary/aromatic N) is 2. The molecule has 2 aromatic heterocycles. The summed E-state index contributed by atoms with van der Waals surface area (Å²) >= 11 is 0. The van der Waals surface area contributed by atoms with E-state index in [0.717, 1.165) is 29.0 Å². The van der Waals surface area contributed by atoms with Gasteiger partial charge < -0.3 is 5.32 Å². The highest BCUT2D eigenvalue weighted by atomic mass is 19.4. The van der Waals surface area contributed by atoms with Gasteiger partial charge in [0.1, 0.15) is 0 Å². The Morgan fingerprint density at radius 2 is 1.74 bits per heavy atom. The van der Waals surface area contributed by atoms with Crippen LogP contribution in [0.5, 0.6) is 0 Å². The molecule has 0 aliphatic carbocycles. The summed E-state index contributed by atoms with van der Waals surface area (Å²) in [6.07, 6.45) is 0.435. The van der Waals surface area contributed by atoms with E-state index in [1.54, 1.807) is 24.7 Å². The van der Waals surface area contributed by atoms with Gasteiger partial charge in [-0.15, -0.1) is 0 Å². The Bertz CT molecular complexity index is 927. The number of carbonyl (C=O) groups is 1. The molecule has 0 saturated heterocycles. The van der Waals surface area contributed by atoms with Gasteiger partial charge in [0.05, 0.1) is 17.7 Å². The molecule has 4 nitrogen and oxygen atoms in total. The maximum absolute atomic E-state index is 12.7. The van der Waals surface area contributed by atoms with Gasteiger partial charge in [-0.3, -0.25) is 14.8 Å². The topological polar surface area (TPSA) is 54.9 Å². The summed E-state index contributed by atoms with van der Waals surface area (Å²) in [6.45, 7) is 0.262. The number of amides is 1. The Hall–Kier alpha value is -3.22. The highest BCUT2D eigenvalue weighted by Gasteiger charge is 2.30. The maximum Gasteiger partial charge on any atom is 0.416 e. The molecular formula is C20H16F3N3O. The van der Waals surface area contributed by atoms with Gasteiger partial charge in [-0.1, -0.05) is 18.2 Å². The van der Waals surface area contributed by atoms with Gasteiger partial charge in [0, 0.05) is 30.7 Å². The molecule has 0 bridgehead atoms. The first kappa shape index (κ1) is 18.6. The minimum absolute atomic E-state index is 0.119. The summed E-state index contributed by atoms with van der Waals surface area (Å²) in [7, 11) is 0. The lowest BCUT2D eigenvalue weighted by Gasteiger charge is -2.10. The molecule has 0 aliphatic heterocycles. The number of halogens is 3. The molecule has 0 radical (unpaired) electrons. The van der Waals surface area contributed by atoms with Crippen LogP contribution in [0, 0.1) is 0 Å². The zero-order chi connectivity index (χ0) is 19.3. The molecule has 2 heterocycles. The monoisotopic (exact) mass is 371 g/mol. The van der Waals surface area contributed by atoms with Crippen LogP contribution in [0.1, 0.15) is 16.7 Å². The summed E-state index contributed by atoms with van der Waals surface area (Å²) in [5.41, 5.74) is 2.05. The second kappa shape index (κ2) is 7.99. The smallest absolute Gasteiger partial charge is 0.352 e. The average Bonchev–Trinajstić information content (AvgIpc) is 2.67. The van der Waals surface area contributed by atoms with Crippen molar-refractivity contribution in [2.24, 2.45) is 0 Å². The van der Waals surface area contributed by atoms with Crippen molar-refractivity contribution in [3.05, 3.63) is 83.8 Å². The molecule has 3 rings (SSSR count). The minimum Gasteiger partial charge on any atom is -0.352 e. The number of nitrogens with one attached hydrogen (secondary N) is 1. The summed E-state index contributed by atoms with van der Waals surface area (Å²) in [5, 5.41) is 2.72. The third-order valence-electron chi connectivity index (χ3n) is 3.91. The number of alkyl halides is 3. The lowest BCUT2D eigenvalue weighted by molar-refractivity contribution is -0.137. The second-order valence-corrected chi connectivity index (χ2v) is 5.94. The number of aromatic nitrogens is 2. The predicted octanol–water partition coefficient (Wildman–Crippen LogP) is 4.02. The van der Waals surface area contributed by atoms with Crippen molar-refractivity contribution < 1.29 is 18.0 Å². The van der Waals surface area contributed by atoms with Gasteiger partial charge in [-0.25, -0.2) is 0 Å². The van der Waals surface area contributed by atoms with E-state index in [4.69, 9.17) is 0 Å². The van der Waals surface area contributed by atoms with Gasteiger partial charge in [0.25, 0.3) is 0 Å². The van der Waals surface area contributed by atoms with Gasteiger partial charge in [0.15, 0.2) is 0 Å². The summed E-state index contributed by atoms with van der Waals surface area (Å²) in [5.74, 6) is -0.350. The van der Waals surface area contributed by atoms with Crippen LogP contribution in [-0.2, 0) is 23.9 Å². The van der Waals surface area contributed by atoms with Gasteiger partial charge in [-0.2, -0.15) is 13.2 Å². The SMILES string of the molecule is O=C(Cc1cccc(C(F)(F)F)c1)NCc1ccnc(-c2ccncc2)c1. The molecular weight excluding hydrogens is 355 g/mol. The Morgan fingerprint density at radius 1 is 0.963 bits per heavy atom. The lowest BCUT2D eigenvalue weighted by atomic mass is 10.1. The molecule has 0 atom stereocenters. The molecule has 27 heavy (non-hydrogen) atoms. The first-order valence-electron chi connectivity index (χ1n) is 8.20. The van der Waals surface area contributed by atoms with Gasteiger partial charge in [-0.05, 0) is 41.5 Å². The number of carbonyl (C=O) groups excluding carboxylic acids is 1. The van der Waals surface area contributed by atoms with Crippen LogP contribution >= 0.6 is 0 Å². The number of rotatable bonds is 5. The summed E-state index contributed by atoms with van der Waals surface area (Å²) in [4.78, 5) is 20.3. The van der Waals surface area contributed by atoms with Crippen LogP contribution in [-0.4, -0.2) is 15.9 Å². The molecule has 0 saturated carbocycles. The highest BCUT2D eigenvalue weighted by molar-refractivity contribution is 5.78. The standard InChI is InChI=1S/C20H16F3N3O/c21-20(22,23)17-3-1-2-14(10-17)12-19(27)26-13-15-4-9-25-18(11-15)16-5-7-24-8-6-16/h1-11H,12-13H2,(H,26,27). The average molecular weight is 371 g/mol. The van der Waals surface area contributed by atoms with Crippen molar-refractivity contribution in [1.82, 2.24) is 15.3 Å². The van der Waals surface area contributed by atoms with E-state index < -0.39 is 11.7 Å². The normalized spacial score (nSPS) is 11.2. The third kappa shape index (κ3) is 5.13. The zero-order valence-corrected chi connectivity index (χ0v) is 14.2. The van der Waals surface area contributed by atoms with Crippen LogP contribution in [0.4, 0.5) is 13.2 Å². The molecule has 0 unspecified atom stereocenters. The third-order valence-corrected chi connectivity index (χ3v) is 3.91. The molecule has 3 aromatic rings. The van der Waals surface area contributed by atoms with Crippen molar-refractivity contribution in [3.8, 4) is 11.3 Å². The van der Waals surface area contributed by atoms with Gasteiger partial charge in [0.2, 0.25) is 5.91 Å². The largest absolute Gasteiger partial charge is 0.416 e. The minimum atomic E-state index is -4.42. The van der Waals surface area contributed by atoms with Crippen molar-refractivity contribution in [2.75, 3.05) is 0 Å². The quantitative estimate of drug-likeness (QED) is 0.737. The van der Waals surface area contributed by atoms with E-state index in [0.29, 0.717) is 5.56 Å². The first-order chi connectivity index (χ1) is 12.9. The molecule has 0 aliphatic rings. The fraction of sp³-hybridized carbons (Fsp3) is 0.150. The number of hydrogen-bond donors (Lipinski definition) is 1. The maximum atomic E-state index is 12.7. The zero-order valence-electron chi connectivity index (χ0n) is 14.2. The van der Waals surface area contributed by atoms with E-state index in [1.807, 2.05) is 18.2 Å². The first-order valence-corrected chi connectivity index (χ1v) is 8.20. The lowest BCUT2D eigenvalue weighted by Crippen LogP contribution is -2.24. The van der Waals surface area contributed by atoms with E-state index in [-0.39, 0.29) is 18.9 Å². The van der Waals surface area contributed by atoms with E-state index in [1.165, 1.54) is 12.1 Å². The predicted molar refractivity (Wildman–Crippen MR) is 94.5 cm³/mol. The van der Waals surface area contributed by atoms with Crippen LogP contribution < -0.4 is 5.32 Å². The Kier molecular flexibility index (Phi) is 5.49. The number of benzene rings is 1. The van der Waals surface area contributed by atoms with E-state index >= 15 is 0 Å². The Morgan fingerprint density at radius 3 is 2.48 bits per heavy atom. The Balaban J connectivity index is 1.62. The van der Waals surface area contributed by atoms with Crippen molar-refractivity contribution in [3.63, 3.8) is 0 Å². The molecule has 1 aromatic carbocycles. The van der Waals surface area contributed by atoms with Crippen LogP contribution in [0.25, 0.3) is 11.3 Å². The molecule has 1 amide bonds. The van der Waals surface area contributed by atoms with Crippen molar-refractivity contribution in [1.29, 1.82) is 0 Å². The summed E-state index contributed by atoms with van der Waals surface area (Å²) in [6, 6.07) is 12.1. The van der Waals surface area contributed by atoms with Crippen LogP contribution in [0.2, 0.25) is 0 Å². The van der Waals surface area contributed by atoms with Crippen LogP contribution in [0.3, 0.4) is 0 Å². The number of pyridine rings is 2. The molecule has 1 N–H and O–H groups in total. The fourth-order valence-corrected chi connectivity index (χ4v) is 2.57. The van der Waals surface area contributed by atoms with Crippen molar-refractivity contribution in [2.45, 2.75) is 19.1 Å². The Labute approximate surface area is 154 Å². The molecule has 0 fully saturated rings. The van der Waals surface area contributed by atoms with Crippen molar-refractivity contribution >= 4 is 5.91 Å². The highest BCUT2D eigenvalue weighted by Crippen LogP contribution is 2.29. The number of hydrogen-bond acceptors (Lipinski definition) is 3. The van der Waals surface area contributed by atoms with E-state index in [9.17, 15) is 18.0 Å². The van der Waals surface area contributed by atoms with E-state index in [2.05, 4.69) is 15.3 Å². The molecule has 0 spiro atoms. The fourth-order valence-electron chi connectivity index (χ4n) is 2.57. The van der Waals surface area contributed by atoms with Gasteiger partial charge >= 0.3 is 6.18 Å². The molecule has 138 valence electrons.